The summed E-state index contributed by atoms with van der Waals surface area (Å²) in [6.45, 7) is 1.02. The van der Waals surface area contributed by atoms with Crippen LogP contribution in [0.5, 0.6) is 0 Å². The van der Waals surface area contributed by atoms with Crippen LogP contribution in [0.1, 0.15) is 17.7 Å². The van der Waals surface area contributed by atoms with Crippen molar-refractivity contribution in [3.05, 3.63) is 59.9 Å². The molecule has 2 N–H and O–H groups in total. The molecule has 0 radical (unpaired) electrons. The van der Waals surface area contributed by atoms with Crippen molar-refractivity contribution in [2.75, 3.05) is 17.7 Å². The molecule has 25 heavy (non-hydrogen) atoms. The molecule has 3 heterocycles. The zero-order chi connectivity index (χ0) is 17.4. The highest BCUT2D eigenvalue weighted by molar-refractivity contribution is 6.10. The van der Waals surface area contributed by atoms with Gasteiger partial charge in [-0.2, -0.15) is 0 Å². The Labute approximate surface area is 146 Å². The van der Waals surface area contributed by atoms with Crippen LogP contribution in [0.25, 0.3) is 17.0 Å². The van der Waals surface area contributed by atoms with Gasteiger partial charge >= 0.3 is 0 Å². The van der Waals surface area contributed by atoms with E-state index < -0.39 is 0 Å². The van der Waals surface area contributed by atoms with Gasteiger partial charge in [0.05, 0.1) is 11.2 Å². The number of nitrogens with two attached hydrogens (primary N) is 1. The van der Waals surface area contributed by atoms with Crippen molar-refractivity contribution in [3.63, 3.8) is 0 Å². The van der Waals surface area contributed by atoms with Crippen LogP contribution in [0.15, 0.2) is 48.7 Å². The highest BCUT2D eigenvalue weighted by Gasteiger charge is 2.24. The molecule has 0 bridgehead atoms. The number of pyridine rings is 1. The maximum atomic E-state index is 12.7. The van der Waals surface area contributed by atoms with Crippen LogP contribution in [0.4, 0.5) is 11.5 Å². The average Bonchev–Trinajstić information content (AvgIpc) is 3.21. The minimum Gasteiger partial charge on any atom is -0.384 e. The second kappa shape index (κ2) is 6.09. The van der Waals surface area contributed by atoms with E-state index >= 15 is 0 Å². The number of likely N-dealkylation sites (N-methyl/N-ethyl adjacent to an activating group) is 1. The van der Waals surface area contributed by atoms with Gasteiger partial charge in [0, 0.05) is 36.9 Å². The molecule has 4 rings (SSSR count). The number of aromatic nitrogens is 2. The Morgan fingerprint density at radius 3 is 2.92 bits per heavy atom. The topological polar surface area (TPSA) is 64.2 Å². The molecule has 0 saturated carbocycles. The highest BCUT2D eigenvalue weighted by Crippen LogP contribution is 2.37. The predicted molar refractivity (Wildman–Crippen MR) is 101 cm³/mol. The minimum absolute atomic E-state index is 0.0529. The van der Waals surface area contributed by atoms with E-state index in [-0.39, 0.29) is 5.91 Å². The Bertz CT molecular complexity index is 969. The lowest BCUT2D eigenvalue weighted by atomic mass is 10.1. The lowest BCUT2D eigenvalue weighted by molar-refractivity contribution is -0.113. The molecule has 0 fully saturated rings. The summed E-state index contributed by atoms with van der Waals surface area (Å²) in [5.74, 6) is 0.416. The van der Waals surface area contributed by atoms with Crippen LogP contribution < -0.4 is 10.6 Å². The summed E-state index contributed by atoms with van der Waals surface area (Å²) < 4.78 is 2.34. The normalized spacial score (nSPS) is 13.5. The van der Waals surface area contributed by atoms with Crippen molar-refractivity contribution >= 4 is 34.4 Å². The largest absolute Gasteiger partial charge is 0.384 e. The number of hydrogen-bond acceptors (Lipinski definition) is 3. The van der Waals surface area contributed by atoms with Crippen molar-refractivity contribution in [1.82, 2.24) is 9.55 Å². The fraction of sp³-hybridized carbons (Fsp3) is 0.200. The Balaban J connectivity index is 1.67. The molecular weight excluding hydrogens is 312 g/mol. The Morgan fingerprint density at radius 2 is 2.12 bits per heavy atom. The SMILES string of the molecule is CN(C(=O)/C=C/c1ccc(N)nc1)c1c2n(c3ccccc13)CCC2. The summed E-state index contributed by atoms with van der Waals surface area (Å²) in [6, 6.07) is 11.9. The van der Waals surface area contributed by atoms with E-state index in [4.69, 9.17) is 5.73 Å². The van der Waals surface area contributed by atoms with Crippen molar-refractivity contribution in [3.8, 4) is 0 Å². The second-order valence-corrected chi connectivity index (χ2v) is 6.31. The zero-order valence-electron chi connectivity index (χ0n) is 14.1. The molecule has 2 aromatic heterocycles. The number of aryl methyl sites for hydroxylation is 1. The maximum Gasteiger partial charge on any atom is 0.250 e. The van der Waals surface area contributed by atoms with E-state index in [9.17, 15) is 4.79 Å². The van der Waals surface area contributed by atoms with Gasteiger partial charge in [-0.05, 0) is 42.7 Å². The zero-order valence-corrected chi connectivity index (χ0v) is 14.1. The number of nitrogen functional groups attached to an aromatic ring is 1. The van der Waals surface area contributed by atoms with E-state index in [1.165, 1.54) is 11.2 Å². The summed E-state index contributed by atoms with van der Waals surface area (Å²) in [6.07, 6.45) is 7.14. The number of fused-ring (bicyclic) bond motifs is 3. The van der Waals surface area contributed by atoms with E-state index in [1.54, 1.807) is 29.3 Å². The standard InChI is InChI=1S/C20H20N4O/c1-23(19(25)11-9-14-8-10-18(21)22-13-14)20-15-5-2-3-6-16(15)24-12-4-7-17(20)24/h2-3,5-6,8-11,13H,4,7,12H2,1H3,(H2,21,22)/b11-9+. The van der Waals surface area contributed by atoms with Crippen molar-refractivity contribution in [2.24, 2.45) is 0 Å². The molecule has 0 aliphatic carbocycles. The molecule has 5 nitrogen and oxygen atoms in total. The maximum absolute atomic E-state index is 12.7. The van der Waals surface area contributed by atoms with E-state index in [1.807, 2.05) is 25.2 Å². The van der Waals surface area contributed by atoms with Gasteiger partial charge in [0.2, 0.25) is 0 Å². The molecule has 0 saturated heterocycles. The van der Waals surface area contributed by atoms with Crippen LogP contribution in [0.3, 0.4) is 0 Å². The first-order valence-electron chi connectivity index (χ1n) is 8.42. The smallest absolute Gasteiger partial charge is 0.250 e. The first kappa shape index (κ1) is 15.4. The molecule has 0 spiro atoms. The quantitative estimate of drug-likeness (QED) is 0.749. The average molecular weight is 332 g/mol. The third-order valence-corrected chi connectivity index (χ3v) is 4.74. The number of carbonyl (C=O) groups is 1. The Kier molecular flexibility index (Phi) is 3.76. The molecule has 1 aliphatic rings. The number of carbonyl (C=O) groups excluding carboxylic acids is 1. The minimum atomic E-state index is -0.0529. The van der Waals surface area contributed by atoms with Crippen molar-refractivity contribution in [2.45, 2.75) is 19.4 Å². The summed E-state index contributed by atoms with van der Waals surface area (Å²) >= 11 is 0. The number of nitrogens with zero attached hydrogens (tertiary/aromatic N) is 3. The highest BCUT2D eigenvalue weighted by atomic mass is 16.2. The Morgan fingerprint density at radius 1 is 1.28 bits per heavy atom. The molecule has 3 aromatic rings. The molecule has 0 unspecified atom stereocenters. The summed E-state index contributed by atoms with van der Waals surface area (Å²) in [4.78, 5) is 18.5. The van der Waals surface area contributed by atoms with Gasteiger partial charge in [0.15, 0.2) is 0 Å². The number of hydrogen-bond donors (Lipinski definition) is 1. The summed E-state index contributed by atoms with van der Waals surface area (Å²) in [5.41, 5.74) is 9.92. The molecule has 5 heteroatoms. The number of benzene rings is 1. The van der Waals surface area contributed by atoms with E-state index in [0.717, 1.165) is 36.0 Å². The first-order chi connectivity index (χ1) is 12.1. The van der Waals surface area contributed by atoms with Gasteiger partial charge in [-0.3, -0.25) is 4.79 Å². The molecular formula is C20H20N4O. The van der Waals surface area contributed by atoms with Gasteiger partial charge in [0.1, 0.15) is 5.82 Å². The van der Waals surface area contributed by atoms with Crippen LogP contribution in [-0.4, -0.2) is 22.5 Å². The van der Waals surface area contributed by atoms with Crippen molar-refractivity contribution in [1.29, 1.82) is 0 Å². The van der Waals surface area contributed by atoms with Crippen LogP contribution in [-0.2, 0) is 17.8 Å². The third-order valence-electron chi connectivity index (χ3n) is 4.74. The first-order valence-corrected chi connectivity index (χ1v) is 8.42. The van der Waals surface area contributed by atoms with Gasteiger partial charge < -0.3 is 15.2 Å². The molecule has 126 valence electrons. The third kappa shape index (κ3) is 2.67. The predicted octanol–water partition coefficient (Wildman–Crippen LogP) is 3.24. The monoisotopic (exact) mass is 332 g/mol. The summed E-state index contributed by atoms with van der Waals surface area (Å²) in [7, 11) is 1.84. The molecule has 1 aliphatic heterocycles. The van der Waals surface area contributed by atoms with Crippen molar-refractivity contribution < 1.29 is 4.79 Å². The van der Waals surface area contributed by atoms with Crippen LogP contribution in [0.2, 0.25) is 0 Å². The van der Waals surface area contributed by atoms with E-state index in [0.29, 0.717) is 5.82 Å². The fourth-order valence-electron chi connectivity index (χ4n) is 3.53. The number of amides is 1. The second-order valence-electron chi connectivity index (χ2n) is 6.31. The number of para-hydroxylation sites is 1. The summed E-state index contributed by atoms with van der Waals surface area (Å²) in [5, 5.41) is 1.13. The van der Waals surface area contributed by atoms with Crippen LogP contribution in [0, 0.1) is 0 Å². The number of rotatable bonds is 3. The molecule has 1 amide bonds. The van der Waals surface area contributed by atoms with Crippen LogP contribution >= 0.6 is 0 Å². The van der Waals surface area contributed by atoms with E-state index in [2.05, 4.69) is 21.7 Å². The Hall–Kier alpha value is -3.08. The molecule has 1 aromatic carbocycles. The number of anilines is 2. The molecule has 0 atom stereocenters. The van der Waals surface area contributed by atoms with Gasteiger partial charge in [-0.1, -0.05) is 18.2 Å². The fourth-order valence-corrected chi connectivity index (χ4v) is 3.53. The lowest BCUT2D eigenvalue weighted by Crippen LogP contribution is -2.24. The van der Waals surface area contributed by atoms with Gasteiger partial charge in [0.25, 0.3) is 5.91 Å². The lowest BCUT2D eigenvalue weighted by Gasteiger charge is -2.16. The van der Waals surface area contributed by atoms with Gasteiger partial charge in [-0.15, -0.1) is 0 Å². The van der Waals surface area contributed by atoms with Gasteiger partial charge in [-0.25, -0.2) is 4.98 Å².